The third-order valence-corrected chi connectivity index (χ3v) is 9.80. The van der Waals surface area contributed by atoms with Crippen LogP contribution in [0.25, 0.3) is 44.3 Å². The SMILES string of the molecule is Cc1ccc2c(oc3c(-c4ccc(C5CCCC6(CCCCC6)C5)cc4)c(F)ccc32)c1-c1cccc[n+]1C. The van der Waals surface area contributed by atoms with Gasteiger partial charge in [-0.3, -0.25) is 0 Å². The number of hydrogen-bond donors (Lipinski definition) is 0. The molecule has 198 valence electrons. The third-order valence-electron chi connectivity index (χ3n) is 9.80. The minimum atomic E-state index is -0.239. The molecule has 1 unspecified atom stereocenters. The predicted octanol–water partition coefficient (Wildman–Crippen LogP) is 9.80. The van der Waals surface area contributed by atoms with Gasteiger partial charge >= 0.3 is 0 Å². The minimum absolute atomic E-state index is 0.239. The van der Waals surface area contributed by atoms with E-state index in [0.717, 1.165) is 38.7 Å². The largest absolute Gasteiger partial charge is 0.454 e. The predicted molar refractivity (Wildman–Crippen MR) is 157 cm³/mol. The molecule has 0 saturated heterocycles. The van der Waals surface area contributed by atoms with Crippen molar-refractivity contribution in [3.05, 3.63) is 89.9 Å². The quantitative estimate of drug-likeness (QED) is 0.217. The summed E-state index contributed by atoms with van der Waals surface area (Å²) in [5.41, 5.74) is 8.13. The second kappa shape index (κ2) is 9.62. The first-order valence-corrected chi connectivity index (χ1v) is 14.7. The number of furan rings is 1. The molecule has 0 amide bonds. The fourth-order valence-corrected chi connectivity index (χ4v) is 7.76. The molecule has 2 heterocycles. The van der Waals surface area contributed by atoms with Crippen molar-refractivity contribution in [1.29, 1.82) is 0 Å². The Morgan fingerprint density at radius 3 is 2.28 bits per heavy atom. The van der Waals surface area contributed by atoms with E-state index >= 15 is 4.39 Å². The van der Waals surface area contributed by atoms with Crippen LogP contribution in [-0.2, 0) is 7.05 Å². The summed E-state index contributed by atoms with van der Waals surface area (Å²) in [7, 11) is 2.05. The van der Waals surface area contributed by atoms with Gasteiger partial charge < -0.3 is 4.42 Å². The second-order valence-electron chi connectivity index (χ2n) is 12.2. The number of aromatic nitrogens is 1. The summed E-state index contributed by atoms with van der Waals surface area (Å²) in [6, 6.07) is 22.6. The van der Waals surface area contributed by atoms with E-state index in [9.17, 15) is 0 Å². The lowest BCUT2D eigenvalue weighted by atomic mass is 9.61. The van der Waals surface area contributed by atoms with Crippen molar-refractivity contribution in [2.24, 2.45) is 12.5 Å². The van der Waals surface area contributed by atoms with Crippen molar-refractivity contribution in [1.82, 2.24) is 0 Å². The number of benzene rings is 3. The summed E-state index contributed by atoms with van der Waals surface area (Å²) in [4.78, 5) is 0. The first-order valence-electron chi connectivity index (χ1n) is 14.7. The second-order valence-corrected chi connectivity index (χ2v) is 12.2. The maximum Gasteiger partial charge on any atom is 0.216 e. The minimum Gasteiger partial charge on any atom is -0.454 e. The number of rotatable bonds is 3. The first kappa shape index (κ1) is 24.6. The third kappa shape index (κ3) is 4.18. The Kier molecular flexibility index (Phi) is 6.06. The molecule has 1 atom stereocenters. The summed E-state index contributed by atoms with van der Waals surface area (Å²) in [6.07, 6.45) is 14.4. The van der Waals surface area contributed by atoms with Crippen LogP contribution >= 0.6 is 0 Å². The van der Waals surface area contributed by atoms with Crippen LogP contribution in [0.5, 0.6) is 0 Å². The Morgan fingerprint density at radius 1 is 0.795 bits per heavy atom. The molecular formula is C36H37FNO+. The summed E-state index contributed by atoms with van der Waals surface area (Å²) in [5, 5.41) is 1.98. The Balaban J connectivity index is 1.31. The van der Waals surface area contributed by atoms with Crippen molar-refractivity contribution in [2.75, 3.05) is 0 Å². The number of hydrogen-bond acceptors (Lipinski definition) is 1. The van der Waals surface area contributed by atoms with E-state index in [-0.39, 0.29) is 5.82 Å². The molecule has 2 fully saturated rings. The highest BCUT2D eigenvalue weighted by Crippen LogP contribution is 2.52. The zero-order valence-electron chi connectivity index (χ0n) is 23.1. The number of fused-ring (bicyclic) bond motifs is 3. The average molecular weight is 519 g/mol. The van der Waals surface area contributed by atoms with Crippen molar-refractivity contribution in [3.8, 4) is 22.4 Å². The van der Waals surface area contributed by atoms with E-state index in [1.807, 2.05) is 31.4 Å². The summed E-state index contributed by atoms with van der Waals surface area (Å²) in [5.74, 6) is 0.381. The van der Waals surface area contributed by atoms with Crippen LogP contribution in [-0.4, -0.2) is 0 Å². The fraction of sp³-hybridized carbons (Fsp3) is 0.361. The lowest BCUT2D eigenvalue weighted by molar-refractivity contribution is -0.660. The normalized spacial score (nSPS) is 19.2. The molecule has 2 saturated carbocycles. The number of nitrogens with zero attached hydrogens (tertiary/aromatic N) is 1. The number of pyridine rings is 1. The van der Waals surface area contributed by atoms with Gasteiger partial charge in [0.1, 0.15) is 24.0 Å². The standard InChI is InChI=1S/C36H37FNO/c1-24-11-16-28-29-17-18-30(37)33(35(29)39-34(28)32(24)31-10-4-7-22-38(31)2)26-14-12-25(13-15-26)27-9-8-21-36(23-27)19-5-3-6-20-36/h4,7,10-18,22,27H,3,5-6,8-9,19-21,23H2,1-2H3/q+1. The van der Waals surface area contributed by atoms with Gasteiger partial charge in [0.15, 0.2) is 6.20 Å². The summed E-state index contributed by atoms with van der Waals surface area (Å²) in [6.45, 7) is 2.11. The van der Waals surface area contributed by atoms with E-state index in [2.05, 4.69) is 54.0 Å². The number of halogens is 1. The molecule has 2 aromatic heterocycles. The van der Waals surface area contributed by atoms with Crippen LogP contribution in [0.4, 0.5) is 4.39 Å². The first-order chi connectivity index (χ1) is 19.0. The van der Waals surface area contributed by atoms with Crippen LogP contribution in [0, 0.1) is 18.2 Å². The van der Waals surface area contributed by atoms with Crippen molar-refractivity contribution in [2.45, 2.75) is 70.6 Å². The maximum atomic E-state index is 15.5. The van der Waals surface area contributed by atoms with Crippen LogP contribution in [0.1, 0.15) is 74.8 Å². The van der Waals surface area contributed by atoms with Gasteiger partial charge in [-0.2, -0.15) is 0 Å². The van der Waals surface area contributed by atoms with E-state index < -0.39 is 0 Å². The molecule has 2 aliphatic carbocycles. The molecule has 39 heavy (non-hydrogen) atoms. The smallest absolute Gasteiger partial charge is 0.216 e. The fourth-order valence-electron chi connectivity index (χ4n) is 7.76. The molecule has 0 bridgehead atoms. The molecular weight excluding hydrogens is 481 g/mol. The molecule has 2 nitrogen and oxygen atoms in total. The van der Waals surface area contributed by atoms with Crippen LogP contribution in [0.3, 0.4) is 0 Å². The maximum absolute atomic E-state index is 15.5. The van der Waals surface area contributed by atoms with Gasteiger partial charge in [0.05, 0.1) is 11.1 Å². The van der Waals surface area contributed by atoms with Crippen molar-refractivity contribution in [3.63, 3.8) is 0 Å². The van der Waals surface area contributed by atoms with Crippen molar-refractivity contribution < 1.29 is 13.4 Å². The summed E-state index contributed by atoms with van der Waals surface area (Å²) >= 11 is 0. The Morgan fingerprint density at radius 2 is 1.51 bits per heavy atom. The monoisotopic (exact) mass is 518 g/mol. The van der Waals surface area contributed by atoms with Gasteiger partial charge in [-0.1, -0.05) is 62.1 Å². The molecule has 0 aliphatic heterocycles. The van der Waals surface area contributed by atoms with Crippen LogP contribution in [0.15, 0.2) is 77.3 Å². The van der Waals surface area contributed by atoms with E-state index in [1.165, 1.54) is 63.4 Å². The molecule has 5 aromatic rings. The zero-order chi connectivity index (χ0) is 26.6. The average Bonchev–Trinajstić information content (AvgIpc) is 3.32. The molecule has 3 aromatic carbocycles. The van der Waals surface area contributed by atoms with Crippen LogP contribution in [0.2, 0.25) is 0 Å². The van der Waals surface area contributed by atoms with Gasteiger partial charge in [0.2, 0.25) is 5.69 Å². The van der Waals surface area contributed by atoms with E-state index in [0.29, 0.717) is 22.5 Å². The molecule has 7 rings (SSSR count). The van der Waals surface area contributed by atoms with E-state index in [1.54, 1.807) is 6.07 Å². The highest BCUT2D eigenvalue weighted by Gasteiger charge is 2.37. The van der Waals surface area contributed by atoms with Gasteiger partial charge in [-0.25, -0.2) is 8.96 Å². The zero-order valence-corrected chi connectivity index (χ0v) is 23.1. The van der Waals surface area contributed by atoms with E-state index in [4.69, 9.17) is 4.42 Å². The van der Waals surface area contributed by atoms with Gasteiger partial charge in [0, 0.05) is 22.9 Å². The van der Waals surface area contributed by atoms with Crippen LogP contribution < -0.4 is 4.57 Å². The molecule has 3 heteroatoms. The number of aryl methyl sites for hydroxylation is 2. The molecule has 1 spiro atoms. The Hall–Kier alpha value is -3.46. The lowest BCUT2D eigenvalue weighted by Gasteiger charge is -2.44. The van der Waals surface area contributed by atoms with Crippen molar-refractivity contribution >= 4 is 21.9 Å². The lowest BCUT2D eigenvalue weighted by Crippen LogP contribution is -2.30. The molecule has 0 radical (unpaired) electrons. The molecule has 0 N–H and O–H groups in total. The Labute approximate surface area is 230 Å². The van der Waals surface area contributed by atoms with Gasteiger partial charge in [0.25, 0.3) is 0 Å². The van der Waals surface area contributed by atoms with Gasteiger partial charge in [-0.05, 0) is 85.3 Å². The Bertz CT molecular complexity index is 1670. The van der Waals surface area contributed by atoms with Gasteiger partial charge in [-0.15, -0.1) is 0 Å². The molecule has 2 aliphatic rings. The highest BCUT2D eigenvalue weighted by molar-refractivity contribution is 6.13. The topological polar surface area (TPSA) is 17.0 Å². The summed E-state index contributed by atoms with van der Waals surface area (Å²) < 4.78 is 24.2. The highest BCUT2D eigenvalue weighted by atomic mass is 19.1.